The van der Waals surface area contributed by atoms with E-state index in [9.17, 15) is 4.79 Å². The fourth-order valence-electron chi connectivity index (χ4n) is 4.51. The quantitative estimate of drug-likeness (QED) is 0.146. The van der Waals surface area contributed by atoms with Crippen LogP contribution in [0.25, 0.3) is 16.5 Å². The summed E-state index contributed by atoms with van der Waals surface area (Å²) < 4.78 is 7.94. The number of amides is 2. The van der Waals surface area contributed by atoms with Crippen molar-refractivity contribution in [1.29, 1.82) is 0 Å². The van der Waals surface area contributed by atoms with Gasteiger partial charge >= 0.3 is 6.03 Å². The number of para-hydroxylation sites is 1. The van der Waals surface area contributed by atoms with E-state index in [-0.39, 0.29) is 6.03 Å². The summed E-state index contributed by atoms with van der Waals surface area (Å²) in [5.74, 6) is 2.86. The lowest BCUT2D eigenvalue weighted by Gasteiger charge is -2.14. The van der Waals surface area contributed by atoms with Crippen LogP contribution in [0.4, 0.5) is 27.9 Å². The molecule has 6 aromatic rings. The number of fused-ring (bicyclic) bond motifs is 1. The first kappa shape index (κ1) is 27.8. The molecule has 0 saturated carbocycles. The molecule has 43 heavy (non-hydrogen) atoms. The van der Waals surface area contributed by atoms with Crippen molar-refractivity contribution in [2.24, 2.45) is 0 Å². The molecule has 0 bridgehead atoms. The maximum Gasteiger partial charge on any atom is 0.324 e. The predicted octanol–water partition coefficient (Wildman–Crippen LogP) is 8.42. The van der Waals surface area contributed by atoms with Gasteiger partial charge in [0, 0.05) is 34.8 Å². The smallest absolute Gasteiger partial charge is 0.324 e. The zero-order valence-electron chi connectivity index (χ0n) is 23.6. The van der Waals surface area contributed by atoms with Crippen molar-refractivity contribution in [3.63, 3.8) is 0 Å². The van der Waals surface area contributed by atoms with Crippen LogP contribution in [0.5, 0.6) is 11.6 Å². The second kappa shape index (κ2) is 12.7. The molecule has 0 spiro atoms. The number of ether oxygens (including phenoxy) is 1. The number of rotatable bonds is 9. The molecule has 0 aliphatic carbocycles. The Balaban J connectivity index is 1.22. The number of urea groups is 1. The summed E-state index contributed by atoms with van der Waals surface area (Å²) in [6.45, 7) is 4.10. The lowest BCUT2D eigenvalue weighted by Crippen LogP contribution is -2.21. The van der Waals surface area contributed by atoms with E-state index in [1.165, 1.54) is 0 Å². The Morgan fingerprint density at radius 1 is 0.884 bits per heavy atom. The zero-order chi connectivity index (χ0) is 29.6. The second-order valence-corrected chi connectivity index (χ2v) is 10.9. The van der Waals surface area contributed by atoms with E-state index in [2.05, 4.69) is 32.8 Å². The van der Waals surface area contributed by atoms with Crippen LogP contribution in [0.15, 0.2) is 114 Å². The number of hydrogen-bond donors (Lipinski definition) is 3. The van der Waals surface area contributed by atoms with Gasteiger partial charge in [-0.3, -0.25) is 5.32 Å². The molecule has 3 N–H and O–H groups in total. The monoisotopic (exact) mass is 587 g/mol. The Kier molecular flexibility index (Phi) is 8.19. The molecule has 0 aliphatic rings. The van der Waals surface area contributed by atoms with Gasteiger partial charge in [-0.05, 0) is 49.1 Å². The van der Waals surface area contributed by atoms with Crippen molar-refractivity contribution < 1.29 is 9.53 Å². The SMILES string of the molecule is CCSc1cc(NC(=O)Nc2ccc(Oc3ccnc(Nc4ccccc4)n3)c3ccccc23)n(-c2ccc(C)cc2)n1. The first-order valence-corrected chi connectivity index (χ1v) is 14.8. The van der Waals surface area contributed by atoms with Crippen LogP contribution in [-0.4, -0.2) is 31.5 Å². The molecular weight excluding hydrogens is 558 g/mol. The fourth-order valence-corrected chi connectivity index (χ4v) is 5.14. The van der Waals surface area contributed by atoms with Crippen LogP contribution in [0, 0.1) is 6.92 Å². The minimum Gasteiger partial charge on any atom is -0.438 e. The third-order valence-corrected chi connectivity index (χ3v) is 7.29. The van der Waals surface area contributed by atoms with Crippen molar-refractivity contribution in [3.05, 3.63) is 115 Å². The van der Waals surface area contributed by atoms with Gasteiger partial charge in [0.2, 0.25) is 11.8 Å². The van der Waals surface area contributed by atoms with Crippen molar-refractivity contribution in [2.75, 3.05) is 21.7 Å². The first-order chi connectivity index (χ1) is 21.1. The van der Waals surface area contributed by atoms with Crippen LogP contribution in [0.3, 0.4) is 0 Å². The number of thioether (sulfide) groups is 1. The summed E-state index contributed by atoms with van der Waals surface area (Å²) in [6.07, 6.45) is 1.64. The standard InChI is InChI=1S/C33H29N7O2S/c1-3-43-31-21-29(40(39-31)24-15-13-22(2)14-16-24)37-33(41)36-27-17-18-28(26-12-8-7-11-25(26)27)42-30-19-20-34-32(38-30)35-23-9-5-4-6-10-23/h4-21H,3H2,1-2H3,(H,34,35,38)(H2,36,37,41). The van der Waals surface area contributed by atoms with Crippen LogP contribution in [0.2, 0.25) is 0 Å². The van der Waals surface area contributed by atoms with E-state index >= 15 is 0 Å². The van der Waals surface area contributed by atoms with Gasteiger partial charge in [-0.1, -0.05) is 67.1 Å². The zero-order valence-corrected chi connectivity index (χ0v) is 24.4. The van der Waals surface area contributed by atoms with Gasteiger partial charge in [-0.25, -0.2) is 14.5 Å². The van der Waals surface area contributed by atoms with Gasteiger partial charge in [-0.2, -0.15) is 10.1 Å². The highest BCUT2D eigenvalue weighted by molar-refractivity contribution is 7.99. The molecule has 0 aliphatic heterocycles. The van der Waals surface area contributed by atoms with Crippen molar-refractivity contribution >= 4 is 51.7 Å². The molecule has 214 valence electrons. The van der Waals surface area contributed by atoms with Gasteiger partial charge in [0.15, 0.2) is 0 Å². The summed E-state index contributed by atoms with van der Waals surface area (Å²) in [5, 5.41) is 16.3. The molecule has 0 radical (unpaired) electrons. The molecule has 10 heteroatoms. The minimum atomic E-state index is -0.382. The van der Waals surface area contributed by atoms with Crippen molar-refractivity contribution in [2.45, 2.75) is 18.9 Å². The lowest BCUT2D eigenvalue weighted by atomic mass is 10.1. The average molecular weight is 588 g/mol. The molecule has 2 heterocycles. The normalized spacial score (nSPS) is 10.8. The summed E-state index contributed by atoms with van der Waals surface area (Å²) >= 11 is 1.61. The van der Waals surface area contributed by atoms with Crippen LogP contribution >= 0.6 is 11.8 Å². The topological polar surface area (TPSA) is 106 Å². The van der Waals surface area contributed by atoms with Gasteiger partial charge < -0.3 is 15.4 Å². The molecule has 2 amide bonds. The molecule has 0 fully saturated rings. The molecule has 6 rings (SSSR count). The third kappa shape index (κ3) is 6.60. The highest BCUT2D eigenvalue weighted by Gasteiger charge is 2.15. The minimum absolute atomic E-state index is 0.382. The van der Waals surface area contributed by atoms with Crippen LogP contribution in [-0.2, 0) is 0 Å². The molecule has 9 nitrogen and oxygen atoms in total. The number of nitrogens with zero attached hydrogens (tertiary/aromatic N) is 4. The highest BCUT2D eigenvalue weighted by atomic mass is 32.2. The van der Waals surface area contributed by atoms with E-state index in [0.717, 1.165) is 38.5 Å². The van der Waals surface area contributed by atoms with Crippen molar-refractivity contribution in [1.82, 2.24) is 19.7 Å². The predicted molar refractivity (Wildman–Crippen MR) is 173 cm³/mol. The van der Waals surface area contributed by atoms with Crippen LogP contribution in [0.1, 0.15) is 12.5 Å². The van der Waals surface area contributed by atoms with E-state index < -0.39 is 0 Å². The maximum absolute atomic E-state index is 13.3. The number of carbonyl (C=O) groups excluding carboxylic acids is 1. The highest BCUT2D eigenvalue weighted by Crippen LogP contribution is 2.34. The Labute approximate surface area is 253 Å². The Hall–Kier alpha value is -5.35. The molecular formula is C33H29N7O2S. The summed E-state index contributed by atoms with van der Waals surface area (Å²) in [5.41, 5.74) is 3.53. The number of benzene rings is 4. The molecule has 4 aromatic carbocycles. The number of carbonyl (C=O) groups is 1. The van der Waals surface area contributed by atoms with E-state index in [4.69, 9.17) is 9.84 Å². The van der Waals surface area contributed by atoms with Gasteiger partial charge in [0.05, 0.1) is 11.4 Å². The van der Waals surface area contributed by atoms with Gasteiger partial charge in [0.25, 0.3) is 0 Å². The summed E-state index contributed by atoms with van der Waals surface area (Å²) in [6, 6.07) is 32.3. The summed E-state index contributed by atoms with van der Waals surface area (Å²) in [4.78, 5) is 22.1. The number of nitrogens with one attached hydrogen (secondary N) is 3. The maximum atomic E-state index is 13.3. The second-order valence-electron chi connectivity index (χ2n) is 9.60. The fraction of sp³-hybridized carbons (Fsp3) is 0.0909. The third-order valence-electron chi connectivity index (χ3n) is 6.51. The number of aryl methyl sites for hydroxylation is 1. The van der Waals surface area contributed by atoms with E-state index in [1.807, 2.05) is 104 Å². The number of aromatic nitrogens is 4. The lowest BCUT2D eigenvalue weighted by molar-refractivity contribution is 0.262. The molecule has 2 aromatic heterocycles. The molecule has 0 saturated heterocycles. The first-order valence-electron chi connectivity index (χ1n) is 13.8. The van der Waals surface area contributed by atoms with Gasteiger partial charge in [-0.15, -0.1) is 11.8 Å². The summed E-state index contributed by atoms with van der Waals surface area (Å²) in [7, 11) is 0. The van der Waals surface area contributed by atoms with Crippen molar-refractivity contribution in [3.8, 4) is 17.3 Å². The molecule has 0 unspecified atom stereocenters. The Morgan fingerprint density at radius 2 is 1.65 bits per heavy atom. The Morgan fingerprint density at radius 3 is 2.44 bits per heavy atom. The van der Waals surface area contributed by atoms with E-state index in [0.29, 0.717) is 29.1 Å². The van der Waals surface area contributed by atoms with Crippen LogP contribution < -0.4 is 20.7 Å². The Bertz CT molecular complexity index is 1870. The largest absolute Gasteiger partial charge is 0.438 e. The van der Waals surface area contributed by atoms with Gasteiger partial charge in [0.1, 0.15) is 16.6 Å². The number of hydrogen-bond acceptors (Lipinski definition) is 7. The molecule has 0 atom stereocenters. The van der Waals surface area contributed by atoms with E-state index in [1.54, 1.807) is 28.7 Å². The average Bonchev–Trinajstić information content (AvgIpc) is 3.41. The number of anilines is 4.